The number of carbonyl (C=O) groups is 1. The molecule has 2 rings (SSSR count). The lowest BCUT2D eigenvalue weighted by molar-refractivity contribution is -0.149. The summed E-state index contributed by atoms with van der Waals surface area (Å²) in [7, 11) is 0. The quantitative estimate of drug-likeness (QED) is 0.665. The fraction of sp³-hybridized carbons (Fsp3) is 0.923. The Kier molecular flexibility index (Phi) is 3.15. The van der Waals surface area contributed by atoms with E-state index in [0.717, 1.165) is 24.7 Å². The number of rotatable bonds is 1. The van der Waals surface area contributed by atoms with Crippen LogP contribution in [-0.4, -0.2) is 18.0 Å². The van der Waals surface area contributed by atoms with Crippen LogP contribution in [0.4, 0.5) is 0 Å². The zero-order chi connectivity index (χ0) is 10.9. The summed E-state index contributed by atoms with van der Waals surface area (Å²) in [6.45, 7) is 5.23. The molecule has 0 amide bonds. The van der Waals surface area contributed by atoms with Crippen LogP contribution in [0, 0.1) is 11.8 Å². The van der Waals surface area contributed by atoms with E-state index in [4.69, 9.17) is 4.74 Å². The molecule has 2 aliphatic rings. The number of hydrogen-bond donors (Lipinski definition) is 0. The molecule has 0 aromatic carbocycles. The van der Waals surface area contributed by atoms with Gasteiger partial charge in [0, 0.05) is 12.8 Å². The van der Waals surface area contributed by atoms with Crippen LogP contribution in [0.2, 0.25) is 0 Å². The van der Waals surface area contributed by atoms with Gasteiger partial charge in [-0.25, -0.2) is 0 Å². The van der Waals surface area contributed by atoms with Gasteiger partial charge in [-0.2, -0.15) is 0 Å². The normalized spacial score (nSPS) is 37.5. The molecule has 1 aliphatic carbocycles. The van der Waals surface area contributed by atoms with E-state index in [1.807, 2.05) is 0 Å². The van der Waals surface area contributed by atoms with Gasteiger partial charge < -0.3 is 4.74 Å². The molecule has 2 heteroatoms. The molecule has 0 aromatic rings. The highest BCUT2D eigenvalue weighted by Crippen LogP contribution is 2.42. The summed E-state index contributed by atoms with van der Waals surface area (Å²) in [6.07, 6.45) is 6.07. The maximum absolute atomic E-state index is 11.5. The summed E-state index contributed by atoms with van der Waals surface area (Å²) < 4.78 is 5.94. The van der Waals surface area contributed by atoms with Crippen LogP contribution >= 0.6 is 0 Å². The summed E-state index contributed by atoms with van der Waals surface area (Å²) in [4.78, 5) is 11.5. The second-order valence-electron chi connectivity index (χ2n) is 5.60. The molecule has 86 valence electrons. The van der Waals surface area contributed by atoms with Crippen molar-refractivity contribution >= 4 is 5.78 Å². The Morgan fingerprint density at radius 2 is 2.27 bits per heavy atom. The zero-order valence-corrected chi connectivity index (χ0v) is 9.92. The van der Waals surface area contributed by atoms with Gasteiger partial charge in [0.2, 0.25) is 0 Å². The van der Waals surface area contributed by atoms with Gasteiger partial charge in [-0.1, -0.05) is 20.3 Å². The molecule has 1 saturated heterocycles. The van der Waals surface area contributed by atoms with E-state index in [2.05, 4.69) is 13.8 Å². The molecule has 0 aromatic heterocycles. The highest BCUT2D eigenvalue weighted by Gasteiger charge is 2.41. The van der Waals surface area contributed by atoms with Crippen LogP contribution in [0.1, 0.15) is 52.4 Å². The number of ether oxygens (including phenoxy) is 1. The van der Waals surface area contributed by atoms with Gasteiger partial charge in [-0.05, 0) is 31.1 Å². The standard InChI is InChI=1S/C13H22O2/c1-10(2)11-4-3-6-13(8-11)9-12(14)5-7-15-13/h10-11H,3-9H2,1-2H3. The minimum absolute atomic E-state index is 0.0669. The SMILES string of the molecule is CC(C)C1CCCC2(CC(=O)CCO2)C1. The molecule has 0 bridgehead atoms. The van der Waals surface area contributed by atoms with Crippen LogP contribution in [0.25, 0.3) is 0 Å². The third-order valence-corrected chi connectivity index (χ3v) is 4.09. The Labute approximate surface area is 92.4 Å². The lowest BCUT2D eigenvalue weighted by Crippen LogP contribution is -2.44. The lowest BCUT2D eigenvalue weighted by Gasteiger charge is -2.43. The van der Waals surface area contributed by atoms with E-state index in [1.54, 1.807) is 0 Å². The average molecular weight is 210 g/mol. The molecule has 2 atom stereocenters. The number of ketones is 1. The monoisotopic (exact) mass is 210 g/mol. The van der Waals surface area contributed by atoms with Crippen molar-refractivity contribution in [3.8, 4) is 0 Å². The van der Waals surface area contributed by atoms with E-state index < -0.39 is 0 Å². The summed E-state index contributed by atoms with van der Waals surface area (Å²) in [5.41, 5.74) is -0.0669. The molecular weight excluding hydrogens is 188 g/mol. The lowest BCUT2D eigenvalue weighted by atomic mass is 9.71. The van der Waals surface area contributed by atoms with Crippen LogP contribution < -0.4 is 0 Å². The molecular formula is C13H22O2. The Bertz CT molecular complexity index is 243. The Balaban J connectivity index is 2.04. The van der Waals surface area contributed by atoms with Gasteiger partial charge in [0.1, 0.15) is 5.78 Å². The number of Topliss-reactive ketones (excluding diaryl/α,β-unsaturated/α-hetero) is 1. The maximum atomic E-state index is 11.5. The largest absolute Gasteiger partial charge is 0.374 e. The molecule has 2 unspecified atom stereocenters. The van der Waals surface area contributed by atoms with E-state index in [9.17, 15) is 4.79 Å². The first-order chi connectivity index (χ1) is 7.11. The molecule has 1 aliphatic heterocycles. The van der Waals surface area contributed by atoms with Crippen molar-refractivity contribution in [3.05, 3.63) is 0 Å². The topological polar surface area (TPSA) is 26.3 Å². The Hall–Kier alpha value is -0.370. The molecule has 0 N–H and O–H groups in total. The first-order valence-electron chi connectivity index (χ1n) is 6.27. The Morgan fingerprint density at radius 1 is 1.47 bits per heavy atom. The summed E-state index contributed by atoms with van der Waals surface area (Å²) >= 11 is 0. The van der Waals surface area contributed by atoms with Crippen LogP contribution in [0.3, 0.4) is 0 Å². The van der Waals surface area contributed by atoms with Crippen molar-refractivity contribution in [2.24, 2.45) is 11.8 Å². The van der Waals surface area contributed by atoms with Crippen LogP contribution in [-0.2, 0) is 9.53 Å². The number of hydrogen-bond acceptors (Lipinski definition) is 2. The predicted octanol–water partition coefficient (Wildman–Crippen LogP) is 2.95. The maximum Gasteiger partial charge on any atom is 0.138 e. The second-order valence-corrected chi connectivity index (χ2v) is 5.60. The van der Waals surface area contributed by atoms with E-state index in [1.165, 1.54) is 12.8 Å². The fourth-order valence-corrected chi connectivity index (χ4v) is 3.11. The minimum atomic E-state index is -0.0669. The third-order valence-electron chi connectivity index (χ3n) is 4.09. The second kappa shape index (κ2) is 4.25. The summed E-state index contributed by atoms with van der Waals surface area (Å²) in [5.74, 6) is 1.89. The molecule has 2 fully saturated rings. The van der Waals surface area contributed by atoms with Gasteiger partial charge in [-0.15, -0.1) is 0 Å². The van der Waals surface area contributed by atoms with Crippen molar-refractivity contribution < 1.29 is 9.53 Å². The summed E-state index contributed by atoms with van der Waals surface area (Å²) in [6, 6.07) is 0. The average Bonchev–Trinajstić information content (AvgIpc) is 2.17. The molecule has 2 nitrogen and oxygen atoms in total. The van der Waals surface area contributed by atoms with E-state index in [-0.39, 0.29) is 5.60 Å². The summed E-state index contributed by atoms with van der Waals surface area (Å²) in [5, 5.41) is 0. The first kappa shape index (κ1) is 11.1. The highest BCUT2D eigenvalue weighted by atomic mass is 16.5. The fourth-order valence-electron chi connectivity index (χ4n) is 3.11. The van der Waals surface area contributed by atoms with Crippen molar-refractivity contribution in [2.75, 3.05) is 6.61 Å². The van der Waals surface area contributed by atoms with E-state index in [0.29, 0.717) is 25.2 Å². The van der Waals surface area contributed by atoms with Gasteiger partial charge >= 0.3 is 0 Å². The van der Waals surface area contributed by atoms with Gasteiger partial charge in [0.15, 0.2) is 0 Å². The molecule has 1 spiro atoms. The van der Waals surface area contributed by atoms with Gasteiger partial charge in [0.05, 0.1) is 12.2 Å². The van der Waals surface area contributed by atoms with Gasteiger partial charge in [-0.3, -0.25) is 4.79 Å². The minimum Gasteiger partial charge on any atom is -0.374 e. The predicted molar refractivity (Wildman–Crippen MR) is 59.7 cm³/mol. The Morgan fingerprint density at radius 3 is 2.93 bits per heavy atom. The first-order valence-corrected chi connectivity index (χ1v) is 6.27. The highest BCUT2D eigenvalue weighted by molar-refractivity contribution is 5.80. The molecule has 1 heterocycles. The molecule has 0 radical (unpaired) electrons. The van der Waals surface area contributed by atoms with Crippen molar-refractivity contribution in [3.63, 3.8) is 0 Å². The zero-order valence-electron chi connectivity index (χ0n) is 9.92. The number of carbonyl (C=O) groups excluding carboxylic acids is 1. The molecule has 15 heavy (non-hydrogen) atoms. The van der Waals surface area contributed by atoms with Crippen molar-refractivity contribution in [2.45, 2.75) is 58.0 Å². The molecule has 1 saturated carbocycles. The van der Waals surface area contributed by atoms with Crippen molar-refractivity contribution in [1.29, 1.82) is 0 Å². The third kappa shape index (κ3) is 2.41. The van der Waals surface area contributed by atoms with E-state index >= 15 is 0 Å². The van der Waals surface area contributed by atoms with Crippen LogP contribution in [0.5, 0.6) is 0 Å². The van der Waals surface area contributed by atoms with Crippen molar-refractivity contribution in [1.82, 2.24) is 0 Å². The van der Waals surface area contributed by atoms with Crippen LogP contribution in [0.15, 0.2) is 0 Å². The smallest absolute Gasteiger partial charge is 0.138 e. The van der Waals surface area contributed by atoms with Gasteiger partial charge in [0.25, 0.3) is 0 Å².